The Labute approximate surface area is 84.4 Å². The summed E-state index contributed by atoms with van der Waals surface area (Å²) >= 11 is 0. The van der Waals surface area contributed by atoms with Crippen LogP contribution in [0.1, 0.15) is 19.8 Å². The average Bonchev–Trinajstić information content (AvgIpc) is 2.18. The van der Waals surface area contributed by atoms with E-state index in [1.165, 1.54) is 0 Å². The molecule has 1 aliphatic heterocycles. The summed E-state index contributed by atoms with van der Waals surface area (Å²) in [6.07, 6.45) is 5.53. The normalized spacial score (nSPS) is 27.7. The molecule has 3 heteroatoms. The van der Waals surface area contributed by atoms with Crippen molar-refractivity contribution in [3.05, 3.63) is 24.5 Å². The Morgan fingerprint density at radius 2 is 2.14 bits per heavy atom. The number of pyridine rings is 1. The van der Waals surface area contributed by atoms with Crippen molar-refractivity contribution in [3.8, 4) is 0 Å². The molecule has 1 aromatic rings. The zero-order chi connectivity index (χ0) is 10.0. The maximum atomic E-state index is 9.95. The summed E-state index contributed by atoms with van der Waals surface area (Å²) in [5, 5.41) is 9.95. The fourth-order valence-corrected chi connectivity index (χ4v) is 2.00. The summed E-state index contributed by atoms with van der Waals surface area (Å²) < 4.78 is 0. The first-order valence-electron chi connectivity index (χ1n) is 5.05. The standard InChI is InChI=1S/C11H16N2O/c1-11(14)5-2-8-13(9-11)10-3-6-12-7-4-10/h3-4,6-7,14H,2,5,8-9H2,1H3. The SMILES string of the molecule is CC1(O)CCCN(c2ccncc2)C1. The number of anilines is 1. The van der Waals surface area contributed by atoms with Crippen molar-refractivity contribution in [1.82, 2.24) is 4.98 Å². The van der Waals surface area contributed by atoms with E-state index in [2.05, 4.69) is 9.88 Å². The van der Waals surface area contributed by atoms with Crippen molar-refractivity contribution in [1.29, 1.82) is 0 Å². The summed E-state index contributed by atoms with van der Waals surface area (Å²) in [4.78, 5) is 6.20. The van der Waals surface area contributed by atoms with Crippen LogP contribution in [0.25, 0.3) is 0 Å². The van der Waals surface area contributed by atoms with E-state index in [0.29, 0.717) is 0 Å². The lowest BCUT2D eigenvalue weighted by molar-refractivity contribution is 0.0449. The highest BCUT2D eigenvalue weighted by molar-refractivity contribution is 5.45. The van der Waals surface area contributed by atoms with Crippen LogP contribution >= 0.6 is 0 Å². The lowest BCUT2D eigenvalue weighted by Gasteiger charge is -2.38. The van der Waals surface area contributed by atoms with E-state index in [4.69, 9.17) is 0 Å². The zero-order valence-electron chi connectivity index (χ0n) is 8.48. The molecule has 0 aliphatic carbocycles. The molecule has 3 nitrogen and oxygen atoms in total. The van der Waals surface area contributed by atoms with E-state index in [1.807, 2.05) is 19.1 Å². The second-order valence-electron chi connectivity index (χ2n) is 4.23. The monoisotopic (exact) mass is 192 g/mol. The van der Waals surface area contributed by atoms with Crippen molar-refractivity contribution in [2.75, 3.05) is 18.0 Å². The van der Waals surface area contributed by atoms with Crippen molar-refractivity contribution in [3.63, 3.8) is 0 Å². The second kappa shape index (κ2) is 3.58. The molecule has 1 unspecified atom stereocenters. The van der Waals surface area contributed by atoms with Gasteiger partial charge in [-0.05, 0) is 31.9 Å². The van der Waals surface area contributed by atoms with E-state index in [0.717, 1.165) is 31.6 Å². The highest BCUT2D eigenvalue weighted by atomic mass is 16.3. The first-order valence-corrected chi connectivity index (χ1v) is 5.05. The Balaban J connectivity index is 2.12. The highest BCUT2D eigenvalue weighted by Crippen LogP contribution is 2.24. The predicted molar refractivity (Wildman–Crippen MR) is 56.3 cm³/mol. The van der Waals surface area contributed by atoms with Gasteiger partial charge in [0, 0.05) is 31.2 Å². The predicted octanol–water partition coefficient (Wildman–Crippen LogP) is 1.43. The first-order chi connectivity index (χ1) is 6.67. The Morgan fingerprint density at radius 1 is 1.43 bits per heavy atom. The second-order valence-corrected chi connectivity index (χ2v) is 4.23. The molecule has 1 saturated heterocycles. The molecular formula is C11H16N2O. The molecule has 2 rings (SSSR count). The van der Waals surface area contributed by atoms with Crippen molar-refractivity contribution < 1.29 is 5.11 Å². The number of nitrogens with zero attached hydrogens (tertiary/aromatic N) is 2. The summed E-state index contributed by atoms with van der Waals surface area (Å²) in [5.74, 6) is 0. The Kier molecular flexibility index (Phi) is 2.42. The van der Waals surface area contributed by atoms with E-state index in [9.17, 15) is 5.11 Å². The van der Waals surface area contributed by atoms with E-state index < -0.39 is 5.60 Å². The van der Waals surface area contributed by atoms with Crippen LogP contribution in [0.3, 0.4) is 0 Å². The minimum atomic E-state index is -0.540. The van der Waals surface area contributed by atoms with Gasteiger partial charge in [-0.2, -0.15) is 0 Å². The van der Waals surface area contributed by atoms with Crippen LogP contribution in [0, 0.1) is 0 Å². The third-order valence-electron chi connectivity index (χ3n) is 2.70. The molecule has 2 heterocycles. The van der Waals surface area contributed by atoms with Gasteiger partial charge in [-0.25, -0.2) is 0 Å². The van der Waals surface area contributed by atoms with Crippen molar-refractivity contribution in [2.45, 2.75) is 25.4 Å². The fraction of sp³-hybridized carbons (Fsp3) is 0.545. The molecule has 76 valence electrons. The molecule has 0 amide bonds. The van der Waals surface area contributed by atoms with E-state index in [1.54, 1.807) is 12.4 Å². The molecule has 1 aliphatic rings. The minimum absolute atomic E-state index is 0.540. The first kappa shape index (κ1) is 9.46. The molecule has 14 heavy (non-hydrogen) atoms. The maximum absolute atomic E-state index is 9.95. The summed E-state index contributed by atoms with van der Waals surface area (Å²) in [6, 6.07) is 3.98. The molecule has 0 spiro atoms. The Hall–Kier alpha value is -1.09. The van der Waals surface area contributed by atoms with Gasteiger partial charge in [-0.15, -0.1) is 0 Å². The number of aromatic nitrogens is 1. The lowest BCUT2D eigenvalue weighted by atomic mass is 9.95. The Bertz CT molecular complexity index is 297. The third-order valence-corrected chi connectivity index (χ3v) is 2.70. The maximum Gasteiger partial charge on any atom is 0.0794 e. The molecular weight excluding hydrogens is 176 g/mol. The molecule has 0 bridgehead atoms. The Morgan fingerprint density at radius 3 is 2.79 bits per heavy atom. The van der Waals surface area contributed by atoms with Gasteiger partial charge in [0.05, 0.1) is 5.60 Å². The van der Waals surface area contributed by atoms with Gasteiger partial charge < -0.3 is 10.0 Å². The number of hydrogen-bond donors (Lipinski definition) is 1. The minimum Gasteiger partial charge on any atom is -0.388 e. The van der Waals surface area contributed by atoms with Crippen LogP contribution in [0.15, 0.2) is 24.5 Å². The van der Waals surface area contributed by atoms with Gasteiger partial charge in [-0.1, -0.05) is 0 Å². The van der Waals surface area contributed by atoms with Crippen LogP contribution in [0.2, 0.25) is 0 Å². The quantitative estimate of drug-likeness (QED) is 0.731. The lowest BCUT2D eigenvalue weighted by Crippen LogP contribution is -2.46. The summed E-state index contributed by atoms with van der Waals surface area (Å²) in [5.41, 5.74) is 0.613. The van der Waals surface area contributed by atoms with Crippen molar-refractivity contribution in [2.24, 2.45) is 0 Å². The summed E-state index contributed by atoms with van der Waals surface area (Å²) in [6.45, 7) is 3.65. The van der Waals surface area contributed by atoms with Gasteiger partial charge >= 0.3 is 0 Å². The molecule has 0 radical (unpaired) electrons. The van der Waals surface area contributed by atoms with Crippen LogP contribution < -0.4 is 4.90 Å². The number of rotatable bonds is 1. The van der Waals surface area contributed by atoms with E-state index in [-0.39, 0.29) is 0 Å². The van der Waals surface area contributed by atoms with Gasteiger partial charge in [0.2, 0.25) is 0 Å². The number of hydrogen-bond acceptors (Lipinski definition) is 3. The van der Waals surface area contributed by atoms with Crippen LogP contribution in [0.4, 0.5) is 5.69 Å². The van der Waals surface area contributed by atoms with Crippen LogP contribution in [-0.2, 0) is 0 Å². The van der Waals surface area contributed by atoms with Crippen LogP contribution in [0.5, 0.6) is 0 Å². The van der Waals surface area contributed by atoms with Crippen molar-refractivity contribution >= 4 is 5.69 Å². The number of piperidine rings is 1. The average molecular weight is 192 g/mol. The topological polar surface area (TPSA) is 36.4 Å². The molecule has 1 atom stereocenters. The smallest absolute Gasteiger partial charge is 0.0794 e. The largest absolute Gasteiger partial charge is 0.388 e. The molecule has 0 aromatic carbocycles. The van der Waals surface area contributed by atoms with Gasteiger partial charge in [0.1, 0.15) is 0 Å². The fourth-order valence-electron chi connectivity index (χ4n) is 2.00. The zero-order valence-corrected chi connectivity index (χ0v) is 8.48. The molecule has 0 saturated carbocycles. The van der Waals surface area contributed by atoms with Gasteiger partial charge in [0.15, 0.2) is 0 Å². The molecule has 1 N–H and O–H groups in total. The molecule has 1 fully saturated rings. The molecule has 1 aromatic heterocycles. The van der Waals surface area contributed by atoms with Crippen LogP contribution in [-0.4, -0.2) is 28.8 Å². The van der Waals surface area contributed by atoms with Gasteiger partial charge in [0.25, 0.3) is 0 Å². The number of aliphatic hydroxyl groups is 1. The number of β-amino-alcohol motifs (C(OH)–C–C–N with tert-alkyl or cyclic N) is 1. The van der Waals surface area contributed by atoms with Gasteiger partial charge in [-0.3, -0.25) is 4.98 Å². The summed E-state index contributed by atoms with van der Waals surface area (Å²) in [7, 11) is 0. The highest BCUT2D eigenvalue weighted by Gasteiger charge is 2.28. The van der Waals surface area contributed by atoms with E-state index >= 15 is 0 Å². The third kappa shape index (κ3) is 2.04.